The minimum Gasteiger partial charge on any atom is -0.446 e. The van der Waals surface area contributed by atoms with Crippen molar-refractivity contribution in [3.05, 3.63) is 35.5 Å². The van der Waals surface area contributed by atoms with Crippen molar-refractivity contribution in [2.75, 3.05) is 5.32 Å². The van der Waals surface area contributed by atoms with Gasteiger partial charge in [-0.25, -0.2) is 17.9 Å². The van der Waals surface area contributed by atoms with Crippen LogP contribution in [0, 0.1) is 0 Å². The molecule has 1 aliphatic carbocycles. The van der Waals surface area contributed by atoms with E-state index >= 15 is 0 Å². The Morgan fingerprint density at radius 3 is 2.90 bits per heavy atom. The van der Waals surface area contributed by atoms with E-state index in [1.807, 2.05) is 26.0 Å². The number of hydrogen-bond acceptors (Lipinski definition) is 6. The van der Waals surface area contributed by atoms with E-state index in [1.54, 1.807) is 12.1 Å². The van der Waals surface area contributed by atoms with E-state index in [4.69, 9.17) is 4.74 Å². The van der Waals surface area contributed by atoms with Crippen LogP contribution < -0.4 is 15.4 Å². The van der Waals surface area contributed by atoms with Crippen molar-refractivity contribution >= 4 is 27.6 Å². The third kappa shape index (κ3) is 4.38. The molecule has 156 valence electrons. The number of alkyl carbamates (subject to hydrolysis) is 1. The Balaban J connectivity index is 1.38. The number of nitrogens with zero attached hydrogens (tertiary/aromatic N) is 1. The fourth-order valence-corrected chi connectivity index (χ4v) is 5.06. The lowest BCUT2D eigenvalue weighted by molar-refractivity contribution is 0.0981. The summed E-state index contributed by atoms with van der Waals surface area (Å²) in [7, 11) is -3.42. The van der Waals surface area contributed by atoms with Crippen molar-refractivity contribution in [1.82, 2.24) is 20.2 Å². The molecule has 1 aromatic carbocycles. The molecule has 0 saturated heterocycles. The lowest BCUT2D eigenvalue weighted by Gasteiger charge is -2.14. The van der Waals surface area contributed by atoms with Gasteiger partial charge in [-0.2, -0.15) is 5.10 Å². The molecular weight excluding hydrogens is 394 g/mol. The molecule has 4 rings (SSSR count). The van der Waals surface area contributed by atoms with E-state index in [1.165, 1.54) is 0 Å². The highest BCUT2D eigenvalue weighted by atomic mass is 32.2. The van der Waals surface area contributed by atoms with Crippen molar-refractivity contribution in [1.29, 1.82) is 0 Å². The van der Waals surface area contributed by atoms with Crippen LogP contribution in [0.5, 0.6) is 0 Å². The first-order chi connectivity index (χ1) is 13.8. The predicted octanol–water partition coefficient (Wildman–Crippen LogP) is 2.72. The number of sulfonamides is 1. The summed E-state index contributed by atoms with van der Waals surface area (Å²) < 4.78 is 32.0. The van der Waals surface area contributed by atoms with E-state index in [0.29, 0.717) is 22.9 Å². The van der Waals surface area contributed by atoms with E-state index in [9.17, 15) is 13.2 Å². The lowest BCUT2D eigenvalue weighted by Crippen LogP contribution is -2.33. The normalized spacial score (nSPS) is 22.4. The average Bonchev–Trinajstić information content (AvgIpc) is 3.35. The highest BCUT2D eigenvalue weighted by molar-refractivity contribution is 7.89. The van der Waals surface area contributed by atoms with Crippen LogP contribution in [-0.2, 0) is 21.3 Å². The first-order valence-electron chi connectivity index (χ1n) is 9.72. The summed E-state index contributed by atoms with van der Waals surface area (Å²) in [5.74, 6) is 0.852. The number of H-pyrrole nitrogens is 1. The second-order valence-electron chi connectivity index (χ2n) is 7.82. The van der Waals surface area contributed by atoms with Crippen LogP contribution in [0.4, 0.5) is 16.3 Å². The van der Waals surface area contributed by atoms with Gasteiger partial charge in [0.15, 0.2) is 5.82 Å². The molecule has 4 N–H and O–H groups in total. The number of nitrogens with one attached hydrogen (secondary N) is 4. The number of carbonyl (C=O) groups is 1. The molecule has 0 bridgehead atoms. The van der Waals surface area contributed by atoms with Gasteiger partial charge in [0.1, 0.15) is 6.10 Å². The zero-order chi connectivity index (χ0) is 20.6. The van der Waals surface area contributed by atoms with Crippen LogP contribution in [0.25, 0.3) is 0 Å². The number of hydrogen-bond donors (Lipinski definition) is 4. The quantitative estimate of drug-likeness (QED) is 0.590. The van der Waals surface area contributed by atoms with E-state index < -0.39 is 10.0 Å². The van der Waals surface area contributed by atoms with Crippen molar-refractivity contribution in [3.8, 4) is 0 Å². The molecule has 1 saturated carbocycles. The fraction of sp³-hybridized carbons (Fsp3) is 0.474. The number of ether oxygens (including phenoxy) is 1. The molecular formula is C19H25N5O4S. The zero-order valence-electron chi connectivity index (χ0n) is 16.4. The number of rotatable bonds is 5. The molecule has 0 spiro atoms. The third-order valence-electron chi connectivity index (χ3n) is 5.18. The predicted molar refractivity (Wildman–Crippen MR) is 107 cm³/mol. The van der Waals surface area contributed by atoms with Crippen LogP contribution in [0.15, 0.2) is 29.2 Å². The van der Waals surface area contributed by atoms with Crippen LogP contribution in [0.3, 0.4) is 0 Å². The highest BCUT2D eigenvalue weighted by Gasteiger charge is 2.30. The smallest absolute Gasteiger partial charge is 0.407 e. The summed E-state index contributed by atoms with van der Waals surface area (Å²) in [6, 6.07) is 7.21. The minimum atomic E-state index is -3.42. The molecule has 29 heavy (non-hydrogen) atoms. The van der Waals surface area contributed by atoms with E-state index in [2.05, 4.69) is 25.6 Å². The van der Waals surface area contributed by atoms with E-state index in [-0.39, 0.29) is 24.2 Å². The summed E-state index contributed by atoms with van der Waals surface area (Å²) >= 11 is 0. The number of fused-ring (bicyclic) bond motifs is 1. The molecule has 2 aliphatic rings. The molecule has 1 aliphatic heterocycles. The van der Waals surface area contributed by atoms with Gasteiger partial charge in [0, 0.05) is 36.0 Å². The van der Waals surface area contributed by atoms with Crippen LogP contribution in [0.1, 0.15) is 50.3 Å². The van der Waals surface area contributed by atoms with Crippen molar-refractivity contribution in [2.45, 2.75) is 62.6 Å². The molecule has 2 atom stereocenters. The van der Waals surface area contributed by atoms with Gasteiger partial charge < -0.3 is 15.4 Å². The maximum absolute atomic E-state index is 12.0. The largest absolute Gasteiger partial charge is 0.446 e. The lowest BCUT2D eigenvalue weighted by atomic mass is 10.0. The Bertz CT molecular complexity index is 1020. The summed E-state index contributed by atoms with van der Waals surface area (Å²) in [6.45, 7) is 4.11. The Labute approximate surface area is 169 Å². The van der Waals surface area contributed by atoms with Gasteiger partial charge in [-0.05, 0) is 50.8 Å². The zero-order valence-corrected chi connectivity index (χ0v) is 17.2. The summed E-state index contributed by atoms with van der Waals surface area (Å²) in [5, 5.41) is 13.2. The summed E-state index contributed by atoms with van der Waals surface area (Å²) in [4.78, 5) is 12.1. The van der Waals surface area contributed by atoms with Gasteiger partial charge in [-0.3, -0.25) is 5.10 Å². The Kier molecular flexibility index (Phi) is 5.22. The number of carbonyl (C=O) groups excluding carboxylic acids is 1. The average molecular weight is 420 g/mol. The number of aromatic nitrogens is 2. The van der Waals surface area contributed by atoms with Gasteiger partial charge in [-0.15, -0.1) is 0 Å². The number of amides is 1. The molecule has 2 aromatic rings. The molecule has 1 fully saturated rings. The third-order valence-corrected chi connectivity index (χ3v) is 6.67. The fourth-order valence-electron chi connectivity index (χ4n) is 3.79. The van der Waals surface area contributed by atoms with Gasteiger partial charge in [-0.1, -0.05) is 6.07 Å². The first-order valence-corrected chi connectivity index (χ1v) is 11.2. The number of anilines is 2. The SMILES string of the molecule is CC(C)NC(=O)O[C@@H]1CC[C@H](c2cc(Nc3ccc4c(c3)S(=O)(=O)NC4)n[nH]2)C1. The molecule has 0 radical (unpaired) electrons. The Hall–Kier alpha value is -2.59. The maximum Gasteiger partial charge on any atom is 0.407 e. The number of benzene rings is 1. The van der Waals surface area contributed by atoms with Crippen molar-refractivity contribution < 1.29 is 17.9 Å². The van der Waals surface area contributed by atoms with Crippen LogP contribution in [-0.4, -0.2) is 36.9 Å². The molecule has 10 heteroatoms. The van der Waals surface area contributed by atoms with Crippen molar-refractivity contribution in [3.63, 3.8) is 0 Å². The van der Waals surface area contributed by atoms with Gasteiger partial charge in [0.05, 0.1) is 4.90 Å². The summed E-state index contributed by atoms with van der Waals surface area (Å²) in [5.41, 5.74) is 2.39. The maximum atomic E-state index is 12.0. The molecule has 9 nitrogen and oxygen atoms in total. The molecule has 1 amide bonds. The topological polar surface area (TPSA) is 125 Å². The van der Waals surface area contributed by atoms with Gasteiger partial charge in [0.2, 0.25) is 10.0 Å². The second kappa shape index (κ2) is 7.68. The monoisotopic (exact) mass is 419 g/mol. The van der Waals surface area contributed by atoms with E-state index in [0.717, 1.165) is 30.5 Å². The Morgan fingerprint density at radius 2 is 2.10 bits per heavy atom. The summed E-state index contributed by atoms with van der Waals surface area (Å²) in [6.07, 6.45) is 1.99. The molecule has 1 aromatic heterocycles. The van der Waals surface area contributed by atoms with Crippen LogP contribution in [0.2, 0.25) is 0 Å². The highest BCUT2D eigenvalue weighted by Crippen LogP contribution is 2.36. The molecule has 2 heterocycles. The Morgan fingerprint density at radius 1 is 1.28 bits per heavy atom. The second-order valence-corrected chi connectivity index (χ2v) is 9.55. The number of aromatic amines is 1. The van der Waals surface area contributed by atoms with Crippen molar-refractivity contribution in [2.24, 2.45) is 0 Å². The van der Waals surface area contributed by atoms with Gasteiger partial charge in [0.25, 0.3) is 0 Å². The van der Waals surface area contributed by atoms with Crippen LogP contribution >= 0.6 is 0 Å². The standard InChI is InChI=1S/C19H25N5O4S/c1-11(2)21-19(25)28-15-6-4-12(7-15)16-9-18(24-23-16)22-14-5-3-13-10-20-29(26,27)17(13)8-14/h3,5,8-9,11-12,15,20H,4,6-7,10H2,1-2H3,(H,21,25)(H2,22,23,24)/t12-,15+/m0/s1. The van der Waals surface area contributed by atoms with Gasteiger partial charge >= 0.3 is 6.09 Å². The molecule has 0 unspecified atom stereocenters. The first kappa shape index (κ1) is 19.7. The minimum absolute atomic E-state index is 0.0472.